The van der Waals surface area contributed by atoms with E-state index in [0.29, 0.717) is 18.8 Å². The molecule has 3 nitrogen and oxygen atoms in total. The Balaban J connectivity index is 3.18. The number of thioether (sulfide) groups is 1. The van der Waals surface area contributed by atoms with E-state index in [1.165, 1.54) is 108 Å². The largest absolute Gasteiger partial charge is 0.466 e. The molecule has 0 amide bonds. The number of esters is 1. The van der Waals surface area contributed by atoms with E-state index in [1.54, 1.807) is 6.08 Å². The van der Waals surface area contributed by atoms with Gasteiger partial charge in [-0.2, -0.15) is 0 Å². The third-order valence-electron chi connectivity index (χ3n) is 5.11. The highest BCUT2D eigenvalue weighted by Crippen LogP contribution is 2.14. The van der Waals surface area contributed by atoms with Crippen LogP contribution in [0.1, 0.15) is 123 Å². The SMILES string of the molecule is CC=CC(=O)SCCC(=O)OCCCCCCCCCCCCCCCCCC. The van der Waals surface area contributed by atoms with E-state index < -0.39 is 0 Å². The van der Waals surface area contributed by atoms with Gasteiger partial charge in [0.25, 0.3) is 0 Å². The monoisotopic (exact) mass is 426 g/mol. The van der Waals surface area contributed by atoms with Crippen LogP contribution in [0, 0.1) is 0 Å². The Morgan fingerprint density at radius 3 is 1.62 bits per heavy atom. The fourth-order valence-corrected chi connectivity index (χ4v) is 4.03. The van der Waals surface area contributed by atoms with Crippen molar-refractivity contribution in [1.29, 1.82) is 0 Å². The van der Waals surface area contributed by atoms with Gasteiger partial charge in [0.1, 0.15) is 0 Å². The molecule has 170 valence electrons. The van der Waals surface area contributed by atoms with Gasteiger partial charge in [0.2, 0.25) is 5.12 Å². The number of rotatable bonds is 21. The molecule has 0 heterocycles. The van der Waals surface area contributed by atoms with Crippen LogP contribution in [0.4, 0.5) is 0 Å². The molecule has 0 aliphatic carbocycles. The molecule has 0 aromatic carbocycles. The van der Waals surface area contributed by atoms with Gasteiger partial charge in [-0.1, -0.05) is 121 Å². The lowest BCUT2D eigenvalue weighted by Crippen LogP contribution is -2.07. The van der Waals surface area contributed by atoms with Crippen LogP contribution < -0.4 is 0 Å². The Bertz CT molecular complexity index is 407. The molecule has 0 N–H and O–H groups in total. The number of allylic oxidation sites excluding steroid dienone is 1. The van der Waals surface area contributed by atoms with Crippen molar-refractivity contribution in [1.82, 2.24) is 0 Å². The summed E-state index contributed by atoms with van der Waals surface area (Å²) in [5.74, 6) is 0.313. The predicted octanol–water partition coefficient (Wildman–Crippen LogP) is 8.02. The smallest absolute Gasteiger partial charge is 0.306 e. The molecule has 0 aliphatic rings. The summed E-state index contributed by atoms with van der Waals surface area (Å²) in [4.78, 5) is 22.9. The minimum atomic E-state index is -0.188. The van der Waals surface area contributed by atoms with Crippen LogP contribution in [0.25, 0.3) is 0 Å². The highest BCUT2D eigenvalue weighted by molar-refractivity contribution is 8.14. The van der Waals surface area contributed by atoms with Crippen molar-refractivity contribution in [2.45, 2.75) is 123 Å². The van der Waals surface area contributed by atoms with Crippen LogP contribution >= 0.6 is 11.8 Å². The summed E-state index contributed by atoms with van der Waals surface area (Å²) in [6.07, 6.45) is 25.0. The van der Waals surface area contributed by atoms with Crippen LogP contribution in [-0.4, -0.2) is 23.4 Å². The predicted molar refractivity (Wildman–Crippen MR) is 127 cm³/mol. The maximum Gasteiger partial charge on any atom is 0.306 e. The first-order valence-electron chi connectivity index (χ1n) is 12.2. The topological polar surface area (TPSA) is 43.4 Å². The van der Waals surface area contributed by atoms with Crippen molar-refractivity contribution < 1.29 is 14.3 Å². The van der Waals surface area contributed by atoms with Gasteiger partial charge in [0.05, 0.1) is 13.0 Å². The second kappa shape index (κ2) is 23.5. The molecule has 0 fully saturated rings. The quantitative estimate of drug-likeness (QED) is 0.106. The fraction of sp³-hybridized carbons (Fsp3) is 0.840. The van der Waals surface area contributed by atoms with Crippen molar-refractivity contribution in [3.63, 3.8) is 0 Å². The molecule has 0 bridgehead atoms. The first kappa shape index (κ1) is 28.2. The highest BCUT2D eigenvalue weighted by Gasteiger charge is 2.04. The second-order valence-corrected chi connectivity index (χ2v) is 9.04. The zero-order chi connectivity index (χ0) is 21.4. The zero-order valence-electron chi connectivity index (χ0n) is 19.2. The normalized spacial score (nSPS) is 11.2. The van der Waals surface area contributed by atoms with Crippen molar-refractivity contribution >= 4 is 22.8 Å². The van der Waals surface area contributed by atoms with Crippen LogP contribution in [-0.2, 0) is 14.3 Å². The number of unbranched alkanes of at least 4 members (excludes halogenated alkanes) is 15. The molecule has 0 unspecified atom stereocenters. The molecule has 0 saturated heterocycles. The van der Waals surface area contributed by atoms with Crippen molar-refractivity contribution in [2.24, 2.45) is 0 Å². The van der Waals surface area contributed by atoms with Crippen LogP contribution in [0.15, 0.2) is 12.2 Å². The van der Waals surface area contributed by atoms with Gasteiger partial charge in [0, 0.05) is 5.75 Å². The molecule has 0 aliphatic heterocycles. The van der Waals surface area contributed by atoms with E-state index in [4.69, 9.17) is 4.74 Å². The molecule has 0 aromatic heterocycles. The van der Waals surface area contributed by atoms with Crippen molar-refractivity contribution in [3.8, 4) is 0 Å². The van der Waals surface area contributed by atoms with Crippen molar-refractivity contribution in [3.05, 3.63) is 12.2 Å². The van der Waals surface area contributed by atoms with E-state index in [-0.39, 0.29) is 11.1 Å². The minimum Gasteiger partial charge on any atom is -0.466 e. The maximum atomic E-state index is 11.6. The first-order chi connectivity index (χ1) is 14.2. The maximum absolute atomic E-state index is 11.6. The number of hydrogen-bond donors (Lipinski definition) is 0. The number of carbonyl (C=O) groups excluding carboxylic acids is 2. The molecule has 29 heavy (non-hydrogen) atoms. The lowest BCUT2D eigenvalue weighted by molar-refractivity contribution is -0.143. The molecule has 0 atom stereocenters. The van der Waals surface area contributed by atoms with E-state index in [9.17, 15) is 9.59 Å². The summed E-state index contributed by atoms with van der Waals surface area (Å²) >= 11 is 1.17. The Labute approximate surface area is 184 Å². The van der Waals surface area contributed by atoms with Gasteiger partial charge in [0.15, 0.2) is 0 Å². The Morgan fingerprint density at radius 2 is 1.17 bits per heavy atom. The summed E-state index contributed by atoms with van der Waals surface area (Å²) in [7, 11) is 0. The molecule has 0 saturated carbocycles. The molecule has 0 rings (SSSR count). The Hall–Kier alpha value is -0.770. The van der Waals surface area contributed by atoms with Crippen LogP contribution in [0.3, 0.4) is 0 Å². The fourth-order valence-electron chi connectivity index (χ4n) is 3.33. The summed E-state index contributed by atoms with van der Waals surface area (Å²) in [6.45, 7) is 4.60. The summed E-state index contributed by atoms with van der Waals surface area (Å²) < 4.78 is 5.22. The highest BCUT2D eigenvalue weighted by atomic mass is 32.2. The third kappa shape index (κ3) is 23.4. The number of ether oxygens (including phenoxy) is 1. The van der Waals surface area contributed by atoms with Gasteiger partial charge in [-0.05, 0) is 19.4 Å². The summed E-state index contributed by atoms with van der Waals surface area (Å²) in [5, 5.41) is -0.00175. The van der Waals surface area contributed by atoms with E-state index in [1.807, 2.05) is 6.92 Å². The van der Waals surface area contributed by atoms with Crippen LogP contribution in [0.2, 0.25) is 0 Å². The van der Waals surface area contributed by atoms with E-state index in [2.05, 4.69) is 6.92 Å². The molecular formula is C25H46O3S. The average Bonchev–Trinajstić information content (AvgIpc) is 2.70. The third-order valence-corrected chi connectivity index (χ3v) is 5.94. The Morgan fingerprint density at radius 1 is 0.724 bits per heavy atom. The Kier molecular flexibility index (Phi) is 22.9. The van der Waals surface area contributed by atoms with E-state index >= 15 is 0 Å². The molecule has 0 aromatic rings. The molecular weight excluding hydrogens is 380 g/mol. The molecule has 0 spiro atoms. The zero-order valence-corrected chi connectivity index (χ0v) is 20.0. The lowest BCUT2D eigenvalue weighted by Gasteiger charge is -2.05. The number of carbonyl (C=O) groups is 2. The summed E-state index contributed by atoms with van der Waals surface area (Å²) in [5.41, 5.74) is 0. The average molecular weight is 427 g/mol. The standard InChI is InChI=1S/C25H46O3S/c1-3-5-6-7-8-9-10-11-12-13-14-15-16-17-18-19-22-28-24(26)21-23-29-25(27)20-4-2/h4,20H,3,5-19,21-23H2,1-2H3. The van der Waals surface area contributed by atoms with Gasteiger partial charge < -0.3 is 4.74 Å². The van der Waals surface area contributed by atoms with Gasteiger partial charge >= 0.3 is 5.97 Å². The van der Waals surface area contributed by atoms with Crippen molar-refractivity contribution in [2.75, 3.05) is 12.4 Å². The first-order valence-corrected chi connectivity index (χ1v) is 13.1. The van der Waals surface area contributed by atoms with Gasteiger partial charge in [-0.25, -0.2) is 0 Å². The van der Waals surface area contributed by atoms with Gasteiger partial charge in [-0.15, -0.1) is 0 Å². The minimum absolute atomic E-state index is 0.00175. The molecule has 4 heteroatoms. The van der Waals surface area contributed by atoms with E-state index in [0.717, 1.165) is 12.8 Å². The van der Waals surface area contributed by atoms with Crippen LogP contribution in [0.5, 0.6) is 0 Å². The second-order valence-electron chi connectivity index (χ2n) is 7.94. The molecule has 0 radical (unpaired) electrons. The number of hydrogen-bond acceptors (Lipinski definition) is 4. The van der Waals surface area contributed by atoms with Gasteiger partial charge in [-0.3, -0.25) is 9.59 Å². The lowest BCUT2D eigenvalue weighted by atomic mass is 10.0. The summed E-state index contributed by atoms with van der Waals surface area (Å²) in [6, 6.07) is 0.